The third-order valence-electron chi connectivity index (χ3n) is 4.54. The highest BCUT2D eigenvalue weighted by Gasteiger charge is 2.28. The molecule has 0 aromatic heterocycles. The summed E-state index contributed by atoms with van der Waals surface area (Å²) in [5.74, 6) is -1.54. The number of likely N-dealkylation sites (tertiary alicyclic amines) is 1. The van der Waals surface area contributed by atoms with E-state index in [-0.39, 0.29) is 43.2 Å². The minimum absolute atomic E-state index is 0.169. The van der Waals surface area contributed by atoms with Gasteiger partial charge in [0.2, 0.25) is 11.8 Å². The van der Waals surface area contributed by atoms with Crippen LogP contribution in [0.15, 0.2) is 48.5 Å². The maximum atomic E-state index is 12.1. The molecule has 0 unspecified atom stereocenters. The predicted octanol–water partition coefficient (Wildman–Crippen LogP) is 2.20. The van der Waals surface area contributed by atoms with Gasteiger partial charge < -0.3 is 10.1 Å². The van der Waals surface area contributed by atoms with Crippen LogP contribution in [-0.2, 0) is 32.1 Å². The highest BCUT2D eigenvalue weighted by molar-refractivity contribution is 6.01. The van der Waals surface area contributed by atoms with Crippen molar-refractivity contribution < 1.29 is 23.9 Å². The van der Waals surface area contributed by atoms with Crippen molar-refractivity contribution in [2.24, 2.45) is 0 Å². The number of nitriles is 1. The van der Waals surface area contributed by atoms with Gasteiger partial charge in [-0.05, 0) is 35.4 Å². The molecule has 1 N–H and O–H groups in total. The van der Waals surface area contributed by atoms with Crippen molar-refractivity contribution in [1.82, 2.24) is 4.90 Å². The Hall–Kier alpha value is -3.99. The number of nitrogens with zero attached hydrogens (tertiary/aromatic N) is 2. The first-order valence-electron chi connectivity index (χ1n) is 9.31. The highest BCUT2D eigenvalue weighted by atomic mass is 16.5. The van der Waals surface area contributed by atoms with Crippen LogP contribution in [0.1, 0.15) is 34.3 Å². The fraction of sp³-hybridized carbons (Fsp3) is 0.227. The Labute approximate surface area is 173 Å². The minimum Gasteiger partial charge on any atom is -0.452 e. The van der Waals surface area contributed by atoms with Gasteiger partial charge in [-0.1, -0.05) is 24.3 Å². The highest BCUT2D eigenvalue weighted by Crippen LogP contribution is 2.16. The maximum Gasteiger partial charge on any atom is 0.338 e. The van der Waals surface area contributed by atoms with Crippen molar-refractivity contribution in [3.63, 3.8) is 0 Å². The van der Waals surface area contributed by atoms with Crippen molar-refractivity contribution in [2.75, 3.05) is 11.9 Å². The van der Waals surface area contributed by atoms with E-state index in [4.69, 9.17) is 10.00 Å². The zero-order valence-electron chi connectivity index (χ0n) is 16.1. The topological polar surface area (TPSA) is 117 Å². The molecule has 0 radical (unpaired) electrons. The number of benzene rings is 2. The second-order valence-electron chi connectivity index (χ2n) is 6.73. The van der Waals surface area contributed by atoms with E-state index < -0.39 is 18.5 Å². The lowest BCUT2D eigenvalue weighted by Crippen LogP contribution is -2.28. The lowest BCUT2D eigenvalue weighted by molar-refractivity contribution is -0.139. The number of hydrogen-bond acceptors (Lipinski definition) is 6. The molecule has 1 heterocycles. The number of carbonyl (C=O) groups is 4. The molecule has 2 aromatic rings. The number of esters is 1. The molecule has 3 amide bonds. The smallest absolute Gasteiger partial charge is 0.338 e. The van der Waals surface area contributed by atoms with Crippen LogP contribution >= 0.6 is 0 Å². The van der Waals surface area contributed by atoms with E-state index in [9.17, 15) is 19.2 Å². The molecule has 3 rings (SSSR count). The van der Waals surface area contributed by atoms with Crippen LogP contribution in [0.4, 0.5) is 5.69 Å². The van der Waals surface area contributed by atoms with E-state index >= 15 is 0 Å². The van der Waals surface area contributed by atoms with Crippen LogP contribution < -0.4 is 5.32 Å². The van der Waals surface area contributed by atoms with Crippen molar-refractivity contribution in [1.29, 1.82) is 5.26 Å². The van der Waals surface area contributed by atoms with Crippen LogP contribution in [0, 0.1) is 11.3 Å². The summed E-state index contributed by atoms with van der Waals surface area (Å²) in [7, 11) is 0. The summed E-state index contributed by atoms with van der Waals surface area (Å²) in [4.78, 5) is 48.6. The van der Waals surface area contributed by atoms with Gasteiger partial charge in [-0.15, -0.1) is 0 Å². The molecule has 0 atom stereocenters. The quantitative estimate of drug-likeness (QED) is 0.558. The van der Waals surface area contributed by atoms with E-state index in [0.29, 0.717) is 11.3 Å². The molecule has 1 saturated heterocycles. The minimum atomic E-state index is -0.658. The summed E-state index contributed by atoms with van der Waals surface area (Å²) in [6.45, 7) is -0.278. The molecule has 0 saturated carbocycles. The van der Waals surface area contributed by atoms with Gasteiger partial charge in [0.05, 0.1) is 24.6 Å². The van der Waals surface area contributed by atoms with Crippen LogP contribution in [-0.4, -0.2) is 35.2 Å². The van der Waals surface area contributed by atoms with E-state index in [2.05, 4.69) is 5.32 Å². The fourth-order valence-corrected chi connectivity index (χ4v) is 2.94. The Kier molecular flexibility index (Phi) is 6.55. The number of rotatable bonds is 7. The number of amides is 3. The Morgan fingerprint density at radius 1 is 0.967 bits per heavy atom. The summed E-state index contributed by atoms with van der Waals surface area (Å²) in [5, 5.41) is 11.3. The third-order valence-corrected chi connectivity index (χ3v) is 4.54. The van der Waals surface area contributed by atoms with E-state index in [1.807, 2.05) is 6.07 Å². The van der Waals surface area contributed by atoms with Gasteiger partial charge in [0, 0.05) is 18.5 Å². The molecule has 8 heteroatoms. The van der Waals surface area contributed by atoms with Crippen molar-refractivity contribution >= 4 is 29.4 Å². The molecular weight excluding hydrogens is 386 g/mol. The first kappa shape index (κ1) is 20.7. The summed E-state index contributed by atoms with van der Waals surface area (Å²) >= 11 is 0. The molecule has 8 nitrogen and oxygen atoms in total. The number of ether oxygens (including phenoxy) is 1. The molecule has 1 aliphatic heterocycles. The first-order chi connectivity index (χ1) is 14.5. The maximum absolute atomic E-state index is 12.1. The molecule has 30 heavy (non-hydrogen) atoms. The van der Waals surface area contributed by atoms with E-state index in [1.165, 1.54) is 17.0 Å². The van der Waals surface area contributed by atoms with Crippen molar-refractivity contribution in [2.45, 2.75) is 25.8 Å². The second-order valence-corrected chi connectivity index (χ2v) is 6.73. The molecular formula is C22H19N3O5. The molecule has 1 aliphatic rings. The van der Waals surface area contributed by atoms with Gasteiger partial charge in [-0.25, -0.2) is 4.79 Å². The lowest BCUT2D eigenvalue weighted by Gasteiger charge is -2.13. The Morgan fingerprint density at radius 3 is 2.17 bits per heavy atom. The molecule has 0 spiro atoms. The van der Waals surface area contributed by atoms with Crippen LogP contribution in [0.2, 0.25) is 0 Å². The Bertz CT molecular complexity index is 991. The van der Waals surface area contributed by atoms with Gasteiger partial charge in [-0.3, -0.25) is 19.3 Å². The summed E-state index contributed by atoms with van der Waals surface area (Å²) in [6, 6.07) is 15.2. The number of carbonyl (C=O) groups excluding carboxylic acids is 4. The standard InChI is InChI=1S/C22H19N3O5/c23-12-11-15-3-7-18(8-4-15)24-19(26)14-30-22(29)17-5-1-16(2-6-17)13-25-20(27)9-10-21(25)28/h1-8H,9-11,13-14H2,(H,24,26). The number of imide groups is 1. The normalized spacial score (nSPS) is 13.1. The second kappa shape index (κ2) is 9.47. The molecule has 1 fully saturated rings. The average Bonchev–Trinajstić information content (AvgIpc) is 3.06. The third kappa shape index (κ3) is 5.29. The summed E-state index contributed by atoms with van der Waals surface area (Å²) < 4.78 is 5.02. The largest absolute Gasteiger partial charge is 0.452 e. The lowest BCUT2D eigenvalue weighted by atomic mass is 10.1. The number of anilines is 1. The molecule has 152 valence electrons. The fourth-order valence-electron chi connectivity index (χ4n) is 2.94. The van der Waals surface area contributed by atoms with Crippen LogP contribution in [0.3, 0.4) is 0 Å². The van der Waals surface area contributed by atoms with E-state index in [1.54, 1.807) is 36.4 Å². The average molecular weight is 405 g/mol. The van der Waals surface area contributed by atoms with Gasteiger partial charge >= 0.3 is 5.97 Å². The van der Waals surface area contributed by atoms with Gasteiger partial charge in [0.25, 0.3) is 5.91 Å². The Morgan fingerprint density at radius 2 is 1.57 bits per heavy atom. The predicted molar refractivity (Wildman–Crippen MR) is 106 cm³/mol. The molecule has 2 aromatic carbocycles. The first-order valence-corrected chi connectivity index (χ1v) is 9.31. The number of nitrogens with one attached hydrogen (secondary N) is 1. The monoisotopic (exact) mass is 405 g/mol. The molecule has 0 bridgehead atoms. The van der Waals surface area contributed by atoms with Crippen LogP contribution in [0.5, 0.6) is 0 Å². The summed E-state index contributed by atoms with van der Waals surface area (Å²) in [5.41, 5.74) is 2.34. The van der Waals surface area contributed by atoms with E-state index in [0.717, 1.165) is 5.56 Å². The Balaban J connectivity index is 1.48. The van der Waals surface area contributed by atoms with Crippen molar-refractivity contribution in [3.8, 4) is 6.07 Å². The zero-order valence-corrected chi connectivity index (χ0v) is 16.1. The van der Waals surface area contributed by atoms with Crippen LogP contribution in [0.25, 0.3) is 0 Å². The molecule has 0 aliphatic carbocycles. The zero-order chi connectivity index (χ0) is 21.5. The van der Waals surface area contributed by atoms with Gasteiger partial charge in [-0.2, -0.15) is 5.26 Å². The number of hydrogen-bond donors (Lipinski definition) is 1. The summed E-state index contributed by atoms with van der Waals surface area (Å²) in [6.07, 6.45) is 0.750. The SMILES string of the molecule is N#CCc1ccc(NC(=O)COC(=O)c2ccc(CN3C(=O)CCC3=O)cc2)cc1. The van der Waals surface area contributed by atoms with Gasteiger partial charge in [0.1, 0.15) is 0 Å². The van der Waals surface area contributed by atoms with Gasteiger partial charge in [0.15, 0.2) is 6.61 Å². The van der Waals surface area contributed by atoms with Crippen molar-refractivity contribution in [3.05, 3.63) is 65.2 Å².